The Kier molecular flexibility index (Phi) is 2.29. The van der Waals surface area contributed by atoms with Crippen molar-refractivity contribution in [3.63, 3.8) is 0 Å². The zero-order valence-electron chi connectivity index (χ0n) is 8.64. The molecule has 0 saturated carbocycles. The first-order valence-electron chi connectivity index (χ1n) is 4.80. The summed E-state index contributed by atoms with van der Waals surface area (Å²) in [6.07, 6.45) is 1.71. The molecule has 0 bridgehead atoms. The van der Waals surface area contributed by atoms with Gasteiger partial charge in [-0.15, -0.1) is 0 Å². The number of nitrogen functional groups attached to an aromatic ring is 1. The number of anilines is 2. The van der Waals surface area contributed by atoms with Crippen LogP contribution in [-0.2, 0) is 0 Å². The van der Waals surface area contributed by atoms with E-state index in [9.17, 15) is 0 Å². The van der Waals surface area contributed by atoms with Crippen molar-refractivity contribution in [3.8, 4) is 0 Å². The zero-order chi connectivity index (χ0) is 10.1. The van der Waals surface area contributed by atoms with Gasteiger partial charge in [-0.3, -0.25) is 0 Å². The maximum atomic E-state index is 5.57. The molecule has 1 fully saturated rings. The summed E-state index contributed by atoms with van der Waals surface area (Å²) in [5, 5.41) is 0. The first-order valence-corrected chi connectivity index (χ1v) is 4.80. The predicted octanol–water partition coefficient (Wildman–Crippen LogP) is 0.414. The minimum atomic E-state index is 0.661. The summed E-state index contributed by atoms with van der Waals surface area (Å²) in [6.45, 7) is 2.12. The highest BCUT2D eigenvalue weighted by atomic mass is 15.3. The lowest BCUT2D eigenvalue weighted by Gasteiger charge is -2.43. The van der Waals surface area contributed by atoms with Crippen LogP contribution in [0.2, 0.25) is 0 Å². The molecule has 0 aromatic carbocycles. The number of nitrogens with two attached hydrogens (primary N) is 1. The third kappa shape index (κ3) is 1.65. The highest BCUT2D eigenvalue weighted by molar-refractivity contribution is 5.47. The van der Waals surface area contributed by atoms with Crippen LogP contribution >= 0.6 is 0 Å². The van der Waals surface area contributed by atoms with E-state index in [1.807, 2.05) is 12.1 Å². The second-order valence-electron chi connectivity index (χ2n) is 3.97. The third-order valence-corrected chi connectivity index (χ3v) is 2.69. The minimum Gasteiger partial charge on any atom is -0.397 e. The Morgan fingerprint density at radius 3 is 2.64 bits per heavy atom. The average Bonchev–Trinajstić information content (AvgIpc) is 2.05. The van der Waals surface area contributed by atoms with Gasteiger partial charge in [0.15, 0.2) is 0 Å². The molecular formula is C10H16N4. The average molecular weight is 192 g/mol. The first-order chi connectivity index (χ1) is 6.66. The highest BCUT2D eigenvalue weighted by Crippen LogP contribution is 2.20. The lowest BCUT2D eigenvalue weighted by molar-refractivity contribution is 0.246. The van der Waals surface area contributed by atoms with Crippen LogP contribution in [0.1, 0.15) is 0 Å². The van der Waals surface area contributed by atoms with Gasteiger partial charge >= 0.3 is 0 Å². The van der Waals surface area contributed by atoms with Gasteiger partial charge in [-0.25, -0.2) is 4.98 Å². The molecular weight excluding hydrogens is 176 g/mol. The van der Waals surface area contributed by atoms with Crippen LogP contribution < -0.4 is 10.6 Å². The van der Waals surface area contributed by atoms with Gasteiger partial charge in [0.1, 0.15) is 5.82 Å². The fourth-order valence-corrected chi connectivity index (χ4v) is 1.55. The Hall–Kier alpha value is -1.29. The summed E-state index contributed by atoms with van der Waals surface area (Å²) in [5.74, 6) is 1.03. The Morgan fingerprint density at radius 2 is 2.14 bits per heavy atom. The second-order valence-corrected chi connectivity index (χ2v) is 3.97. The summed E-state index contributed by atoms with van der Waals surface area (Å²) in [4.78, 5) is 8.77. The molecule has 4 heteroatoms. The van der Waals surface area contributed by atoms with Crippen molar-refractivity contribution in [2.45, 2.75) is 6.04 Å². The van der Waals surface area contributed by atoms with Crippen molar-refractivity contribution in [3.05, 3.63) is 18.3 Å². The van der Waals surface area contributed by atoms with E-state index in [-0.39, 0.29) is 0 Å². The Balaban J connectivity index is 1.96. The van der Waals surface area contributed by atoms with Crippen molar-refractivity contribution < 1.29 is 0 Å². The van der Waals surface area contributed by atoms with E-state index in [4.69, 9.17) is 5.73 Å². The predicted molar refractivity (Wildman–Crippen MR) is 58.3 cm³/mol. The summed E-state index contributed by atoms with van der Waals surface area (Å²) >= 11 is 0. The Morgan fingerprint density at radius 1 is 1.43 bits per heavy atom. The number of hydrogen-bond acceptors (Lipinski definition) is 4. The maximum absolute atomic E-state index is 5.57. The van der Waals surface area contributed by atoms with Crippen LogP contribution in [-0.4, -0.2) is 43.1 Å². The van der Waals surface area contributed by atoms with Crippen LogP contribution in [0.15, 0.2) is 18.3 Å². The van der Waals surface area contributed by atoms with Gasteiger partial charge in [0.25, 0.3) is 0 Å². The van der Waals surface area contributed by atoms with E-state index in [1.165, 1.54) is 0 Å². The summed E-state index contributed by atoms with van der Waals surface area (Å²) in [6, 6.07) is 4.53. The number of likely N-dealkylation sites (N-methyl/N-ethyl adjacent to an activating group) is 1. The molecule has 76 valence electrons. The first kappa shape index (κ1) is 9.27. The molecule has 0 amide bonds. The summed E-state index contributed by atoms with van der Waals surface area (Å²) in [5.41, 5.74) is 6.29. The summed E-state index contributed by atoms with van der Waals surface area (Å²) in [7, 11) is 4.22. The summed E-state index contributed by atoms with van der Waals surface area (Å²) < 4.78 is 0. The van der Waals surface area contributed by atoms with Crippen molar-refractivity contribution in [2.24, 2.45) is 0 Å². The fourth-order valence-electron chi connectivity index (χ4n) is 1.55. The molecule has 1 aromatic rings. The molecule has 2 rings (SSSR count). The standard InChI is InChI=1S/C10H16N4/c1-13(2)9-6-14(7-9)10-4-3-8(11)5-12-10/h3-5,9H,6-7,11H2,1-2H3. The van der Waals surface area contributed by atoms with Crippen molar-refractivity contribution in [2.75, 3.05) is 37.8 Å². The third-order valence-electron chi connectivity index (χ3n) is 2.69. The van der Waals surface area contributed by atoms with E-state index < -0.39 is 0 Å². The SMILES string of the molecule is CN(C)C1CN(c2ccc(N)cn2)C1. The molecule has 1 saturated heterocycles. The fraction of sp³-hybridized carbons (Fsp3) is 0.500. The lowest BCUT2D eigenvalue weighted by Crippen LogP contribution is -2.57. The Bertz CT molecular complexity index is 300. The van der Waals surface area contributed by atoms with Crippen LogP contribution in [0.25, 0.3) is 0 Å². The monoisotopic (exact) mass is 192 g/mol. The Labute approximate surface area is 84.3 Å². The molecule has 0 aliphatic carbocycles. The molecule has 14 heavy (non-hydrogen) atoms. The lowest BCUT2D eigenvalue weighted by atomic mass is 10.1. The molecule has 0 unspecified atom stereocenters. The molecule has 1 aliphatic rings. The van der Waals surface area contributed by atoms with Gasteiger partial charge in [0, 0.05) is 19.1 Å². The topological polar surface area (TPSA) is 45.4 Å². The molecule has 0 atom stereocenters. The highest BCUT2D eigenvalue weighted by Gasteiger charge is 2.28. The van der Waals surface area contributed by atoms with E-state index >= 15 is 0 Å². The molecule has 1 aromatic heterocycles. The van der Waals surface area contributed by atoms with E-state index in [0.29, 0.717) is 6.04 Å². The quantitative estimate of drug-likeness (QED) is 0.737. The number of aromatic nitrogens is 1. The maximum Gasteiger partial charge on any atom is 0.128 e. The minimum absolute atomic E-state index is 0.661. The number of nitrogens with zero attached hydrogens (tertiary/aromatic N) is 3. The van der Waals surface area contributed by atoms with Gasteiger partial charge < -0.3 is 15.5 Å². The van der Waals surface area contributed by atoms with Gasteiger partial charge in [-0.05, 0) is 26.2 Å². The van der Waals surface area contributed by atoms with Gasteiger partial charge in [0.2, 0.25) is 0 Å². The molecule has 2 N–H and O–H groups in total. The molecule has 4 nitrogen and oxygen atoms in total. The molecule has 1 aliphatic heterocycles. The van der Waals surface area contributed by atoms with Gasteiger partial charge in [0.05, 0.1) is 11.9 Å². The largest absolute Gasteiger partial charge is 0.397 e. The van der Waals surface area contributed by atoms with Gasteiger partial charge in [-0.2, -0.15) is 0 Å². The molecule has 2 heterocycles. The normalized spacial score (nSPS) is 17.2. The number of rotatable bonds is 2. The van der Waals surface area contributed by atoms with Crippen molar-refractivity contribution in [1.82, 2.24) is 9.88 Å². The van der Waals surface area contributed by atoms with E-state index in [1.54, 1.807) is 6.20 Å². The van der Waals surface area contributed by atoms with Crippen LogP contribution in [0.4, 0.5) is 11.5 Å². The van der Waals surface area contributed by atoms with Crippen LogP contribution in [0.5, 0.6) is 0 Å². The van der Waals surface area contributed by atoms with Crippen LogP contribution in [0, 0.1) is 0 Å². The smallest absolute Gasteiger partial charge is 0.128 e. The number of hydrogen-bond donors (Lipinski definition) is 1. The molecule has 0 spiro atoms. The van der Waals surface area contributed by atoms with Crippen LogP contribution in [0.3, 0.4) is 0 Å². The van der Waals surface area contributed by atoms with E-state index in [0.717, 1.165) is 24.6 Å². The van der Waals surface area contributed by atoms with E-state index in [2.05, 4.69) is 28.9 Å². The second kappa shape index (κ2) is 3.46. The molecule has 0 radical (unpaired) electrons. The van der Waals surface area contributed by atoms with Crippen molar-refractivity contribution in [1.29, 1.82) is 0 Å². The van der Waals surface area contributed by atoms with Crippen molar-refractivity contribution >= 4 is 11.5 Å². The number of pyridine rings is 1. The zero-order valence-corrected chi connectivity index (χ0v) is 8.64. The van der Waals surface area contributed by atoms with Gasteiger partial charge in [-0.1, -0.05) is 0 Å².